The zero-order valence-corrected chi connectivity index (χ0v) is 15.3. The topological polar surface area (TPSA) is 78.1 Å². The molecule has 3 aromatic rings. The average molecular weight is 361 g/mol. The third-order valence-corrected chi connectivity index (χ3v) is 5.81. The Balaban J connectivity index is 2.05. The summed E-state index contributed by atoms with van der Waals surface area (Å²) in [5.74, 6) is 0. The van der Waals surface area contributed by atoms with E-state index < -0.39 is 0 Å². The number of benzene rings is 1. The molecule has 2 aromatic heterocycles. The summed E-state index contributed by atoms with van der Waals surface area (Å²) in [4.78, 5) is 12.7. The lowest BCUT2D eigenvalue weighted by Crippen LogP contribution is -2.04. The van der Waals surface area contributed by atoms with Crippen LogP contribution in [0.5, 0.6) is 0 Å². The summed E-state index contributed by atoms with van der Waals surface area (Å²) in [5, 5.41) is 0. The normalized spacial score (nSPS) is 11.1. The minimum absolute atomic E-state index is 0.403. The van der Waals surface area contributed by atoms with Gasteiger partial charge in [0.05, 0.1) is 18.3 Å². The van der Waals surface area contributed by atoms with Gasteiger partial charge < -0.3 is 10.5 Å². The second-order valence-corrected chi connectivity index (χ2v) is 7.40. The molecule has 7 heteroatoms. The molecule has 5 nitrogen and oxygen atoms in total. The van der Waals surface area contributed by atoms with Crippen LogP contribution in [0.1, 0.15) is 21.6 Å². The van der Waals surface area contributed by atoms with E-state index in [0.717, 1.165) is 29.4 Å². The quantitative estimate of drug-likeness (QED) is 0.516. The first-order valence-corrected chi connectivity index (χ1v) is 9.30. The first kappa shape index (κ1) is 17.0. The summed E-state index contributed by atoms with van der Waals surface area (Å²) in [6.07, 6.45) is 1.55. The van der Waals surface area contributed by atoms with Crippen molar-refractivity contribution in [2.24, 2.45) is 5.73 Å². The van der Waals surface area contributed by atoms with E-state index in [1.165, 1.54) is 38.2 Å². The Morgan fingerprint density at radius 3 is 2.71 bits per heavy atom. The molecule has 0 bridgehead atoms. The zero-order chi connectivity index (χ0) is 17.1. The Morgan fingerprint density at radius 2 is 1.96 bits per heavy atom. The molecule has 0 aliphatic rings. The molecule has 0 fully saturated rings. The Hall–Kier alpha value is -1.83. The zero-order valence-electron chi connectivity index (χ0n) is 13.7. The average Bonchev–Trinajstić information content (AvgIpc) is 3.18. The third-order valence-electron chi connectivity index (χ3n) is 4.16. The Bertz CT molecular complexity index is 870. The Kier molecular flexibility index (Phi) is 5.23. The first-order valence-electron chi connectivity index (χ1n) is 7.75. The minimum Gasteiger partial charge on any atom is -0.468 e. The fourth-order valence-corrected chi connectivity index (χ4v) is 4.54. The van der Waals surface area contributed by atoms with Gasteiger partial charge in [0.1, 0.15) is 11.0 Å². The summed E-state index contributed by atoms with van der Waals surface area (Å²) >= 11 is 2.98. The van der Waals surface area contributed by atoms with Crippen LogP contribution in [0.25, 0.3) is 21.5 Å². The molecule has 0 amide bonds. The van der Waals surface area contributed by atoms with Gasteiger partial charge in [0.25, 0.3) is 6.47 Å². The fraction of sp³-hybridized carbons (Fsp3) is 0.353. The lowest BCUT2D eigenvalue weighted by molar-refractivity contribution is -0.128. The maximum Gasteiger partial charge on any atom is 0.293 e. The molecule has 24 heavy (non-hydrogen) atoms. The monoisotopic (exact) mass is 361 g/mol. The van der Waals surface area contributed by atoms with E-state index in [-0.39, 0.29) is 0 Å². The van der Waals surface area contributed by atoms with Gasteiger partial charge in [0, 0.05) is 21.7 Å². The van der Waals surface area contributed by atoms with Crippen LogP contribution in [-0.2, 0) is 22.4 Å². The van der Waals surface area contributed by atoms with E-state index in [1.807, 2.05) is 0 Å². The molecule has 0 saturated heterocycles. The van der Waals surface area contributed by atoms with Crippen molar-refractivity contribution in [1.29, 1.82) is 0 Å². The maximum atomic E-state index is 10.3. The maximum absolute atomic E-state index is 10.3. The van der Waals surface area contributed by atoms with Crippen molar-refractivity contribution in [3.8, 4) is 10.4 Å². The lowest BCUT2D eigenvalue weighted by Gasteiger charge is -2.08. The van der Waals surface area contributed by atoms with Crippen LogP contribution >= 0.6 is 23.1 Å². The van der Waals surface area contributed by atoms with Gasteiger partial charge in [-0.25, -0.2) is 0 Å². The Morgan fingerprint density at radius 1 is 1.17 bits per heavy atom. The number of thiophene rings is 1. The molecule has 126 valence electrons. The van der Waals surface area contributed by atoms with Crippen molar-refractivity contribution in [3.05, 3.63) is 33.7 Å². The molecule has 0 aliphatic heterocycles. The third kappa shape index (κ3) is 3.19. The summed E-state index contributed by atoms with van der Waals surface area (Å²) < 4.78 is 13.8. The van der Waals surface area contributed by atoms with Crippen LogP contribution in [0.4, 0.5) is 0 Å². The molecule has 0 spiro atoms. The lowest BCUT2D eigenvalue weighted by atomic mass is 9.98. The molecule has 1 aromatic carbocycles. The summed E-state index contributed by atoms with van der Waals surface area (Å²) in [6.45, 7) is 5.68. The van der Waals surface area contributed by atoms with E-state index in [1.54, 1.807) is 11.3 Å². The van der Waals surface area contributed by atoms with Gasteiger partial charge in [-0.2, -0.15) is 8.75 Å². The van der Waals surface area contributed by atoms with Crippen LogP contribution in [0.3, 0.4) is 0 Å². The number of carbonyl (C=O) groups excluding carboxylic acids is 1. The smallest absolute Gasteiger partial charge is 0.293 e. The number of aromatic nitrogens is 2. The van der Waals surface area contributed by atoms with Crippen LogP contribution in [0, 0.1) is 13.8 Å². The van der Waals surface area contributed by atoms with Crippen molar-refractivity contribution < 1.29 is 9.53 Å². The molecule has 0 atom stereocenters. The molecule has 0 unspecified atom stereocenters. The minimum atomic E-state index is 0.403. The van der Waals surface area contributed by atoms with E-state index in [9.17, 15) is 4.79 Å². The van der Waals surface area contributed by atoms with Crippen molar-refractivity contribution >= 4 is 40.6 Å². The largest absolute Gasteiger partial charge is 0.468 e. The summed E-state index contributed by atoms with van der Waals surface area (Å²) in [7, 11) is 0. The number of carbonyl (C=O) groups is 1. The van der Waals surface area contributed by atoms with Gasteiger partial charge in [-0.15, -0.1) is 11.3 Å². The van der Waals surface area contributed by atoms with Gasteiger partial charge in [0.15, 0.2) is 0 Å². The number of nitrogens with two attached hydrogens (primary N) is 1. The standard InChI is InChI=1S/C17H19N3O2S2/c1-10-12(3-5-18)7-14(17-16(10)19-24-20-17)15-8-13(11(2)23-15)4-6-22-9-21/h7-9H,3-6,18H2,1-2H3. The highest BCUT2D eigenvalue weighted by Crippen LogP contribution is 2.37. The number of rotatable bonds is 7. The molecule has 0 saturated carbocycles. The van der Waals surface area contributed by atoms with Crippen molar-refractivity contribution in [1.82, 2.24) is 8.75 Å². The second kappa shape index (κ2) is 7.38. The van der Waals surface area contributed by atoms with E-state index in [2.05, 4.69) is 34.7 Å². The fourth-order valence-electron chi connectivity index (χ4n) is 2.83. The van der Waals surface area contributed by atoms with Gasteiger partial charge in [-0.1, -0.05) is 0 Å². The molecular weight excluding hydrogens is 342 g/mol. The highest BCUT2D eigenvalue weighted by Gasteiger charge is 2.16. The number of fused-ring (bicyclic) bond motifs is 1. The molecular formula is C17H19N3O2S2. The summed E-state index contributed by atoms with van der Waals surface area (Å²) in [6, 6.07) is 4.37. The van der Waals surface area contributed by atoms with Crippen LogP contribution in [0.2, 0.25) is 0 Å². The van der Waals surface area contributed by atoms with Crippen molar-refractivity contribution in [2.45, 2.75) is 26.7 Å². The number of hydrogen-bond donors (Lipinski definition) is 1. The molecule has 3 rings (SSSR count). The van der Waals surface area contributed by atoms with Crippen LogP contribution in [-0.4, -0.2) is 28.4 Å². The predicted octanol–water partition coefficient (Wildman–Crippen LogP) is 3.25. The highest BCUT2D eigenvalue weighted by atomic mass is 32.1. The first-order chi connectivity index (χ1) is 11.7. The van der Waals surface area contributed by atoms with E-state index in [4.69, 9.17) is 10.5 Å². The van der Waals surface area contributed by atoms with E-state index >= 15 is 0 Å². The van der Waals surface area contributed by atoms with Gasteiger partial charge in [-0.3, -0.25) is 4.79 Å². The molecule has 2 N–H and O–H groups in total. The molecule has 2 heterocycles. The van der Waals surface area contributed by atoms with Crippen molar-refractivity contribution in [3.63, 3.8) is 0 Å². The number of hydrogen-bond acceptors (Lipinski definition) is 7. The van der Waals surface area contributed by atoms with Gasteiger partial charge >= 0.3 is 0 Å². The number of aryl methyl sites for hydroxylation is 2. The van der Waals surface area contributed by atoms with Gasteiger partial charge in [-0.05, 0) is 55.6 Å². The Labute approximate surface area is 148 Å². The number of ether oxygens (including phenoxy) is 1. The molecule has 0 radical (unpaired) electrons. The number of nitrogens with zero attached hydrogens (tertiary/aromatic N) is 2. The van der Waals surface area contributed by atoms with E-state index in [0.29, 0.717) is 19.6 Å². The predicted molar refractivity (Wildman–Crippen MR) is 98.7 cm³/mol. The SMILES string of the molecule is Cc1sc(-c2cc(CCN)c(C)c3nsnc23)cc1CCOC=O. The highest BCUT2D eigenvalue weighted by molar-refractivity contribution is 7.15. The van der Waals surface area contributed by atoms with Gasteiger partial charge in [0.2, 0.25) is 0 Å². The molecule has 0 aliphatic carbocycles. The summed E-state index contributed by atoms with van der Waals surface area (Å²) in [5.41, 5.74) is 12.4. The second-order valence-electron chi connectivity index (χ2n) is 5.62. The van der Waals surface area contributed by atoms with Crippen molar-refractivity contribution in [2.75, 3.05) is 13.2 Å². The van der Waals surface area contributed by atoms with Crippen LogP contribution < -0.4 is 5.73 Å². The van der Waals surface area contributed by atoms with Crippen LogP contribution in [0.15, 0.2) is 12.1 Å².